The van der Waals surface area contributed by atoms with Gasteiger partial charge in [0.1, 0.15) is 0 Å². The molecular weight excluding hydrogens is 526 g/mol. The summed E-state index contributed by atoms with van der Waals surface area (Å²) in [5.74, 6) is 0.183. The van der Waals surface area contributed by atoms with E-state index in [-0.39, 0.29) is 35.5 Å². The highest BCUT2D eigenvalue weighted by molar-refractivity contribution is 5.89. The number of aromatic amines is 1. The molecule has 1 amide bonds. The monoisotopic (exact) mass is 556 g/mol. The highest BCUT2D eigenvalue weighted by Crippen LogP contribution is 2.47. The first-order valence-corrected chi connectivity index (χ1v) is 14.3. The third kappa shape index (κ3) is 4.18. The van der Waals surface area contributed by atoms with Gasteiger partial charge in [-0.15, -0.1) is 8.78 Å². The van der Waals surface area contributed by atoms with Crippen molar-refractivity contribution in [2.24, 2.45) is 0 Å². The Labute approximate surface area is 236 Å². The standard InChI is InChI=1S/C32H30F2N4O3/c33-32(34)40-27-11-10-21(16-28(27)41-32)30-29-24(23-8-4-5-9-25(23)35-29)17-26-31(39)37(14-15-38(26)30)22-12-13-36(19-22)18-20-6-2-1-3-7-20/h1-11,16,22,26,30,35H,12-15,17-19H2/t22-,26-,30-/m1/s1. The molecule has 9 heteroatoms. The van der Waals surface area contributed by atoms with E-state index in [0.717, 1.165) is 53.8 Å². The lowest BCUT2D eigenvalue weighted by molar-refractivity contribution is -0.286. The van der Waals surface area contributed by atoms with Crippen molar-refractivity contribution >= 4 is 16.8 Å². The van der Waals surface area contributed by atoms with E-state index in [2.05, 4.69) is 54.8 Å². The van der Waals surface area contributed by atoms with Crippen LogP contribution >= 0.6 is 0 Å². The molecule has 1 N–H and O–H groups in total. The Hall–Kier alpha value is -3.95. The van der Waals surface area contributed by atoms with Gasteiger partial charge >= 0.3 is 6.29 Å². The van der Waals surface area contributed by atoms with E-state index in [1.807, 2.05) is 24.3 Å². The lowest BCUT2D eigenvalue weighted by Crippen LogP contribution is -2.62. The van der Waals surface area contributed by atoms with Gasteiger partial charge in [-0.25, -0.2) is 0 Å². The maximum atomic E-state index is 14.2. The first kappa shape index (κ1) is 24.8. The van der Waals surface area contributed by atoms with Gasteiger partial charge in [0.15, 0.2) is 11.5 Å². The number of ether oxygens (including phenoxy) is 2. The number of nitrogens with zero attached hydrogens (tertiary/aromatic N) is 3. The Bertz CT molecular complexity index is 1640. The Morgan fingerprint density at radius 3 is 2.61 bits per heavy atom. The molecule has 0 bridgehead atoms. The summed E-state index contributed by atoms with van der Waals surface area (Å²) < 4.78 is 37.1. The van der Waals surface area contributed by atoms with Gasteiger partial charge in [0.05, 0.1) is 12.1 Å². The second-order valence-corrected chi connectivity index (χ2v) is 11.5. The number of likely N-dealkylation sites (tertiary alicyclic amines) is 1. The van der Waals surface area contributed by atoms with Crippen molar-refractivity contribution in [2.75, 3.05) is 26.2 Å². The first-order valence-electron chi connectivity index (χ1n) is 14.3. The summed E-state index contributed by atoms with van der Waals surface area (Å²) >= 11 is 0. The lowest BCUT2D eigenvalue weighted by atomic mass is 9.86. The van der Waals surface area contributed by atoms with Crippen LogP contribution in [0.25, 0.3) is 10.9 Å². The van der Waals surface area contributed by atoms with Crippen LogP contribution < -0.4 is 9.47 Å². The fraction of sp³-hybridized carbons (Fsp3) is 0.344. The minimum absolute atomic E-state index is 0.0155. The van der Waals surface area contributed by atoms with Crippen molar-refractivity contribution in [3.05, 3.63) is 95.2 Å². The van der Waals surface area contributed by atoms with Crippen molar-refractivity contribution < 1.29 is 23.0 Å². The van der Waals surface area contributed by atoms with Crippen LogP contribution in [0.4, 0.5) is 8.78 Å². The molecule has 5 heterocycles. The number of amides is 1. The van der Waals surface area contributed by atoms with Gasteiger partial charge in [0, 0.05) is 55.4 Å². The Morgan fingerprint density at radius 2 is 1.73 bits per heavy atom. The van der Waals surface area contributed by atoms with Crippen molar-refractivity contribution in [3.8, 4) is 11.5 Å². The number of fused-ring (bicyclic) bond motifs is 5. The van der Waals surface area contributed by atoms with Crippen LogP contribution in [0.5, 0.6) is 11.5 Å². The van der Waals surface area contributed by atoms with Crippen LogP contribution in [-0.4, -0.2) is 70.1 Å². The molecule has 210 valence electrons. The number of rotatable bonds is 4. The smallest absolute Gasteiger partial charge is 0.395 e. The highest BCUT2D eigenvalue weighted by atomic mass is 19.3. The summed E-state index contributed by atoms with van der Waals surface area (Å²) in [6.45, 7) is 4.04. The molecule has 2 fully saturated rings. The summed E-state index contributed by atoms with van der Waals surface area (Å²) in [6, 6.07) is 23.1. The first-order chi connectivity index (χ1) is 19.9. The number of aromatic nitrogens is 1. The average Bonchev–Trinajstić information content (AvgIpc) is 3.66. The number of benzene rings is 3. The van der Waals surface area contributed by atoms with Gasteiger partial charge in [-0.1, -0.05) is 54.6 Å². The second-order valence-electron chi connectivity index (χ2n) is 11.5. The summed E-state index contributed by atoms with van der Waals surface area (Å²) in [4.78, 5) is 24.6. The number of hydrogen-bond donors (Lipinski definition) is 1. The van der Waals surface area contributed by atoms with Gasteiger partial charge in [-0.05, 0) is 47.7 Å². The largest absolute Gasteiger partial charge is 0.586 e. The summed E-state index contributed by atoms with van der Waals surface area (Å²) in [5.41, 5.74) is 5.20. The molecule has 4 aliphatic rings. The zero-order valence-corrected chi connectivity index (χ0v) is 22.4. The van der Waals surface area contributed by atoms with Crippen molar-refractivity contribution in [1.29, 1.82) is 0 Å². The van der Waals surface area contributed by atoms with E-state index in [4.69, 9.17) is 4.74 Å². The van der Waals surface area contributed by atoms with Gasteiger partial charge < -0.3 is 19.4 Å². The zero-order valence-electron chi connectivity index (χ0n) is 22.4. The molecule has 3 atom stereocenters. The average molecular weight is 557 g/mol. The number of H-pyrrole nitrogens is 1. The molecule has 7 nitrogen and oxygen atoms in total. The SMILES string of the molecule is O=C1[C@H]2Cc3c([nH]c4ccccc34)[C@@H](c3ccc4c(c3)OC(F)(F)O4)N2CCN1[C@@H]1CCN(Cc2ccccc2)C1. The molecule has 8 rings (SSSR count). The molecule has 41 heavy (non-hydrogen) atoms. The maximum Gasteiger partial charge on any atom is 0.586 e. The number of piperazine rings is 1. The quantitative estimate of drug-likeness (QED) is 0.387. The predicted molar refractivity (Wildman–Crippen MR) is 149 cm³/mol. The molecule has 2 saturated heterocycles. The topological polar surface area (TPSA) is 61.0 Å². The number of alkyl halides is 2. The summed E-state index contributed by atoms with van der Waals surface area (Å²) in [6.07, 6.45) is -2.11. The van der Waals surface area contributed by atoms with E-state index in [0.29, 0.717) is 19.5 Å². The Balaban J connectivity index is 1.11. The number of hydrogen-bond acceptors (Lipinski definition) is 5. The maximum absolute atomic E-state index is 14.2. The van der Waals surface area contributed by atoms with E-state index < -0.39 is 6.29 Å². The Kier molecular flexibility index (Phi) is 5.62. The molecular formula is C32H30F2N4O3. The molecule has 1 aromatic heterocycles. The molecule has 4 aliphatic heterocycles. The fourth-order valence-corrected chi connectivity index (χ4v) is 7.28. The molecule has 0 aliphatic carbocycles. The lowest BCUT2D eigenvalue weighted by Gasteiger charge is -2.48. The number of para-hydroxylation sites is 1. The molecule has 0 radical (unpaired) electrons. The summed E-state index contributed by atoms with van der Waals surface area (Å²) in [5, 5.41) is 1.10. The van der Waals surface area contributed by atoms with E-state index in [1.54, 1.807) is 12.1 Å². The van der Waals surface area contributed by atoms with Crippen LogP contribution in [0.1, 0.15) is 34.8 Å². The van der Waals surface area contributed by atoms with Gasteiger partial charge in [0.25, 0.3) is 0 Å². The molecule has 3 aromatic carbocycles. The summed E-state index contributed by atoms with van der Waals surface area (Å²) in [7, 11) is 0. The molecule has 0 unspecified atom stereocenters. The van der Waals surface area contributed by atoms with Crippen LogP contribution in [0.3, 0.4) is 0 Å². The third-order valence-corrected chi connectivity index (χ3v) is 9.10. The minimum atomic E-state index is -3.68. The van der Waals surface area contributed by atoms with Gasteiger partial charge in [-0.2, -0.15) is 0 Å². The second kappa shape index (κ2) is 9.29. The number of carbonyl (C=O) groups is 1. The highest BCUT2D eigenvalue weighted by Gasteiger charge is 2.48. The molecule has 4 aromatic rings. The fourth-order valence-electron chi connectivity index (χ4n) is 7.28. The van der Waals surface area contributed by atoms with Crippen LogP contribution in [0, 0.1) is 0 Å². The Morgan fingerprint density at radius 1 is 0.927 bits per heavy atom. The van der Waals surface area contributed by atoms with E-state index >= 15 is 0 Å². The van der Waals surface area contributed by atoms with Crippen molar-refractivity contribution in [1.82, 2.24) is 19.7 Å². The molecule has 0 saturated carbocycles. The van der Waals surface area contributed by atoms with Crippen molar-refractivity contribution in [2.45, 2.75) is 43.8 Å². The normalized spacial score (nSPS) is 25.5. The van der Waals surface area contributed by atoms with Crippen LogP contribution in [-0.2, 0) is 17.8 Å². The number of carbonyl (C=O) groups excluding carboxylic acids is 1. The van der Waals surface area contributed by atoms with Crippen LogP contribution in [0.2, 0.25) is 0 Å². The number of halogens is 2. The van der Waals surface area contributed by atoms with Crippen molar-refractivity contribution in [3.63, 3.8) is 0 Å². The van der Waals surface area contributed by atoms with Gasteiger partial charge in [-0.3, -0.25) is 14.6 Å². The molecule has 0 spiro atoms. The zero-order chi connectivity index (χ0) is 27.7. The third-order valence-electron chi connectivity index (χ3n) is 9.10. The van der Waals surface area contributed by atoms with E-state index in [1.165, 1.54) is 11.6 Å². The van der Waals surface area contributed by atoms with Crippen LogP contribution in [0.15, 0.2) is 72.8 Å². The number of nitrogens with one attached hydrogen (secondary N) is 1. The van der Waals surface area contributed by atoms with E-state index in [9.17, 15) is 13.6 Å². The van der Waals surface area contributed by atoms with Gasteiger partial charge in [0.2, 0.25) is 5.91 Å². The minimum Gasteiger partial charge on any atom is -0.395 e. The predicted octanol–water partition coefficient (Wildman–Crippen LogP) is 4.92.